The van der Waals surface area contributed by atoms with Gasteiger partial charge in [0.15, 0.2) is 10.3 Å². The maximum Gasteiger partial charge on any atom is 2.00 e. The van der Waals surface area contributed by atoms with E-state index in [1.54, 1.807) is 13.8 Å². The standard InChI is InChI=1S/C5H4Cl2N2.C5H2ClN3O.C5H6ClN3.C4H3Cl2N3.2CH4.K.W.H/c1-3-4(6)8-2-9-5(3)7;6-4-1-5(9-3-10)8-2-7-4;1-3-4(6)8-2-9-5(3)7;5-3-2(7)4(6)9-1-8-3;;;;;/h2H,1H3;2H,(H,7,8,9,10);2H,1H3,(H2,7,8,9);1H,7H2;2*1H4;;;/q;-2;;;;;+1;+2;-1. The van der Waals surface area contributed by atoms with Crippen LogP contribution in [0.5, 0.6) is 0 Å². The Morgan fingerprint density at radius 1 is 0.780 bits per heavy atom. The van der Waals surface area contributed by atoms with E-state index < -0.39 is 0 Å². The Morgan fingerprint density at radius 3 is 1.54 bits per heavy atom. The fraction of sp³-hybridized carbons (Fsp3) is 0.190. The van der Waals surface area contributed by atoms with Gasteiger partial charge in [0.1, 0.15) is 45.9 Å². The summed E-state index contributed by atoms with van der Waals surface area (Å²) in [6.07, 6.45) is 6.55. The van der Waals surface area contributed by atoms with Crippen LogP contribution in [-0.2, 0) is 25.9 Å². The smallest absolute Gasteiger partial charge is 1.00 e. The molecule has 0 aliphatic carbocycles. The van der Waals surface area contributed by atoms with Crippen molar-refractivity contribution in [1.82, 2.24) is 39.9 Å². The summed E-state index contributed by atoms with van der Waals surface area (Å²) >= 11 is 33.1. The molecule has 4 aromatic rings. The number of amides is 1. The first-order chi connectivity index (χ1) is 17.5. The molecule has 4 rings (SSSR count). The van der Waals surface area contributed by atoms with E-state index in [1.807, 2.05) is 0 Å². The van der Waals surface area contributed by atoms with Crippen LogP contribution in [0.25, 0.3) is 0 Å². The van der Waals surface area contributed by atoms with Crippen molar-refractivity contribution in [2.75, 3.05) is 11.5 Å². The molecule has 0 aromatic carbocycles. The minimum atomic E-state index is 0. The second-order valence-corrected chi connectivity index (χ2v) is 8.16. The summed E-state index contributed by atoms with van der Waals surface area (Å²) in [6, 6.07) is 2.48. The number of nitrogen functional groups attached to an aromatic ring is 2. The van der Waals surface area contributed by atoms with Gasteiger partial charge in [0.2, 0.25) is 0 Å². The molecule has 0 saturated carbocycles. The Kier molecular flexibility index (Phi) is 29.9. The fourth-order valence-corrected chi connectivity index (χ4v) is 2.52. The second kappa shape index (κ2) is 25.9. The molecule has 0 unspecified atom stereocenters. The van der Waals surface area contributed by atoms with E-state index in [-0.39, 0.29) is 115 Å². The van der Waals surface area contributed by atoms with Crippen LogP contribution in [0.3, 0.4) is 0 Å². The molecule has 5 N–H and O–H groups in total. The molecule has 0 bridgehead atoms. The number of H-pyrrole nitrogens is 1. The van der Waals surface area contributed by atoms with Crippen LogP contribution < -0.4 is 68.3 Å². The molecule has 4 heterocycles. The molecule has 0 radical (unpaired) electrons. The average molecular weight is 882 g/mol. The van der Waals surface area contributed by atoms with Crippen LogP contribution in [-0.4, -0.2) is 46.3 Å². The van der Waals surface area contributed by atoms with E-state index in [9.17, 15) is 4.79 Å². The number of anilines is 2. The largest absolute Gasteiger partial charge is 2.00 e. The van der Waals surface area contributed by atoms with Crippen LogP contribution in [0.15, 0.2) is 30.3 Å². The maximum atomic E-state index is 9.68. The zero-order chi connectivity index (χ0) is 28.0. The van der Waals surface area contributed by atoms with Crippen molar-refractivity contribution in [2.45, 2.75) is 28.7 Å². The molecule has 0 aliphatic heterocycles. The zero-order valence-corrected chi connectivity index (χ0v) is 30.7. The number of hydrogen-bond donors (Lipinski definition) is 3. The third kappa shape index (κ3) is 18.7. The SMILES string of the molecule is C.C.Cc1c(Cl)ncnc1Cl.Cc1c(N)ncnc1Cl.Nc1c(Cl)ncnc1Cl.O=[C-]N=c1[c-]c(Cl)[nH]cn1.[H-].[K+].[W+2]. The van der Waals surface area contributed by atoms with Gasteiger partial charge in [-0.1, -0.05) is 78.0 Å². The summed E-state index contributed by atoms with van der Waals surface area (Å²) in [4.78, 5) is 41.0. The van der Waals surface area contributed by atoms with Crippen molar-refractivity contribution in [3.8, 4) is 0 Å². The number of halogens is 6. The summed E-state index contributed by atoms with van der Waals surface area (Å²) in [7, 11) is 0. The van der Waals surface area contributed by atoms with Crippen LogP contribution >= 0.6 is 69.6 Å². The second-order valence-electron chi connectivity index (χ2n) is 5.99. The molecule has 0 saturated heterocycles. The Hall–Kier alpha value is -0.545. The third-order valence-corrected chi connectivity index (χ3v) is 5.51. The Labute approximate surface area is 326 Å². The summed E-state index contributed by atoms with van der Waals surface area (Å²) in [6.45, 7) is 3.54. The van der Waals surface area contributed by atoms with Crippen molar-refractivity contribution in [1.29, 1.82) is 0 Å². The first-order valence-corrected chi connectivity index (χ1v) is 11.5. The van der Waals surface area contributed by atoms with E-state index in [1.165, 1.54) is 31.7 Å². The molecule has 41 heavy (non-hydrogen) atoms. The van der Waals surface area contributed by atoms with Gasteiger partial charge < -0.3 is 38.7 Å². The molecular formula is C21H24Cl6KN11OW. The monoisotopic (exact) mass is 879 g/mol. The van der Waals surface area contributed by atoms with E-state index in [0.29, 0.717) is 21.3 Å². The van der Waals surface area contributed by atoms with Crippen LogP contribution in [0.2, 0.25) is 30.9 Å². The van der Waals surface area contributed by atoms with Crippen LogP contribution in [0.1, 0.15) is 27.4 Å². The molecule has 218 valence electrons. The Balaban J connectivity index is -0.000000139. The number of nitrogens with two attached hydrogens (primary N) is 2. The number of rotatable bonds is 1. The summed E-state index contributed by atoms with van der Waals surface area (Å²) < 4.78 is 0. The van der Waals surface area contributed by atoms with Gasteiger partial charge in [-0.3, -0.25) is 0 Å². The van der Waals surface area contributed by atoms with Crippen molar-refractivity contribution >= 4 is 87.5 Å². The van der Waals surface area contributed by atoms with Gasteiger partial charge in [-0.25, -0.2) is 29.9 Å². The minimum Gasteiger partial charge on any atom is -1.00 e. The first kappa shape index (κ1) is 47.4. The number of carbonyl (C=O) groups excluding carboxylic acids is 1. The molecule has 0 aliphatic rings. The first-order valence-electron chi connectivity index (χ1n) is 9.27. The molecule has 0 atom stereocenters. The average Bonchev–Trinajstić information content (AvgIpc) is 2.86. The minimum absolute atomic E-state index is 0. The molecule has 1 amide bonds. The number of nitrogens with one attached hydrogen (secondary N) is 1. The van der Waals surface area contributed by atoms with Crippen LogP contribution in [0.4, 0.5) is 11.5 Å². The molecule has 12 nitrogen and oxygen atoms in total. The van der Waals surface area contributed by atoms with Crippen LogP contribution in [0, 0.1) is 19.9 Å². The van der Waals surface area contributed by atoms with Gasteiger partial charge in [-0.2, -0.15) is 5.49 Å². The van der Waals surface area contributed by atoms with Gasteiger partial charge in [0.05, 0.1) is 12.7 Å². The van der Waals surface area contributed by atoms with Gasteiger partial charge >= 0.3 is 72.4 Å². The van der Waals surface area contributed by atoms with Gasteiger partial charge in [0.25, 0.3) is 0 Å². The predicted molar refractivity (Wildman–Crippen MR) is 158 cm³/mol. The molecule has 0 fully saturated rings. The fourth-order valence-electron chi connectivity index (χ4n) is 1.62. The Morgan fingerprint density at radius 2 is 1.20 bits per heavy atom. The number of hydrogen-bond acceptors (Lipinski definition) is 10. The van der Waals surface area contributed by atoms with Crippen molar-refractivity contribution < 1.29 is 78.7 Å². The molecule has 4 aromatic heterocycles. The molecule has 20 heteroatoms. The van der Waals surface area contributed by atoms with E-state index in [2.05, 4.69) is 50.9 Å². The van der Waals surface area contributed by atoms with Gasteiger partial charge in [-0.05, 0) is 13.8 Å². The van der Waals surface area contributed by atoms with E-state index in [4.69, 9.17) is 81.1 Å². The van der Waals surface area contributed by atoms with Crippen molar-refractivity contribution in [3.63, 3.8) is 0 Å². The normalized spacial score (nSPS) is 9.12. The number of aromatic amines is 1. The van der Waals surface area contributed by atoms with E-state index in [0.717, 1.165) is 11.1 Å². The molecule has 0 spiro atoms. The van der Waals surface area contributed by atoms with E-state index >= 15 is 0 Å². The Bertz CT molecular complexity index is 1230. The predicted octanol–water partition coefficient (Wildman–Crippen LogP) is 2.70. The van der Waals surface area contributed by atoms with Gasteiger partial charge in [-0.15, -0.1) is 11.6 Å². The number of nitrogens with zero attached hydrogens (tertiary/aromatic N) is 8. The van der Waals surface area contributed by atoms with Gasteiger partial charge in [0, 0.05) is 11.1 Å². The maximum absolute atomic E-state index is 9.68. The third-order valence-electron chi connectivity index (χ3n) is 3.56. The summed E-state index contributed by atoms with van der Waals surface area (Å²) in [5.41, 5.74) is 12.5. The number of aromatic nitrogens is 8. The quantitative estimate of drug-likeness (QED) is 0.146. The molecular weight excluding hydrogens is 858 g/mol. The van der Waals surface area contributed by atoms with Crippen molar-refractivity contribution in [2.24, 2.45) is 4.99 Å². The van der Waals surface area contributed by atoms with Crippen molar-refractivity contribution in [3.05, 3.63) is 78.9 Å². The summed E-state index contributed by atoms with van der Waals surface area (Å²) in [5, 5.41) is 1.88. The summed E-state index contributed by atoms with van der Waals surface area (Å²) in [5.74, 6) is 0.440. The zero-order valence-electron chi connectivity index (χ0n) is 21.1. The topological polar surface area (TPSA) is 187 Å².